The molecule has 0 saturated heterocycles. The Hall–Kier alpha value is -0.740. The Balaban J connectivity index is 4.23. The van der Waals surface area contributed by atoms with Crippen LogP contribution >= 0.6 is 0 Å². The number of aliphatic hydroxyl groups is 2. The van der Waals surface area contributed by atoms with Gasteiger partial charge in [-0.05, 0) is 12.8 Å². The first-order chi connectivity index (χ1) is 17.2. The number of hydrogen-bond acceptors (Lipinski definition) is 6. The van der Waals surface area contributed by atoms with Gasteiger partial charge in [-0.1, -0.05) is 110 Å². The van der Waals surface area contributed by atoms with Crippen LogP contribution in [0.3, 0.4) is 0 Å². The number of carbonyl (C=O) groups is 1. The number of unbranched alkanes of at least 4 members (excludes halogenated alkanes) is 15. The first-order valence-electron chi connectivity index (χ1n) is 14.4. The lowest BCUT2D eigenvalue weighted by atomic mass is 10.1. The number of amides is 1. The van der Waals surface area contributed by atoms with Gasteiger partial charge in [0.2, 0.25) is 5.91 Å². The van der Waals surface area contributed by atoms with Crippen molar-refractivity contribution in [1.29, 1.82) is 0 Å². The Labute approximate surface area is 220 Å². The van der Waals surface area contributed by atoms with Crippen LogP contribution in [0.5, 0.6) is 0 Å². The molecule has 216 valence electrons. The molecule has 0 radical (unpaired) electrons. The van der Waals surface area contributed by atoms with Gasteiger partial charge in [0, 0.05) is 13.0 Å². The van der Waals surface area contributed by atoms with Crippen LogP contribution in [0.25, 0.3) is 0 Å². The van der Waals surface area contributed by atoms with E-state index in [-0.39, 0.29) is 19.6 Å². The van der Waals surface area contributed by atoms with E-state index in [0.29, 0.717) is 13.0 Å². The largest absolute Gasteiger partial charge is 0.389 e. The number of hydrogen-bond donors (Lipinski definition) is 3. The highest BCUT2D eigenvalue weighted by molar-refractivity contribution is 7.85. The minimum absolute atomic E-state index is 0.00275. The van der Waals surface area contributed by atoms with Gasteiger partial charge in [0.1, 0.15) is 12.0 Å². The molecule has 0 aromatic rings. The molecule has 0 aromatic heterocycles. The molecule has 3 N–H and O–H groups in total. The first kappa shape index (κ1) is 35.3. The van der Waals surface area contributed by atoms with Crippen molar-refractivity contribution in [3.05, 3.63) is 0 Å². The third kappa shape index (κ3) is 22.5. The fourth-order valence-electron chi connectivity index (χ4n) is 4.24. The molecule has 0 saturated carbocycles. The van der Waals surface area contributed by atoms with Crippen molar-refractivity contribution in [1.82, 2.24) is 4.90 Å². The normalized spacial score (nSPS) is 13.6. The van der Waals surface area contributed by atoms with Crippen LogP contribution in [-0.2, 0) is 19.6 Å². The van der Waals surface area contributed by atoms with E-state index in [1.54, 1.807) is 0 Å². The predicted octanol–water partition coefficient (Wildman–Crippen LogP) is 5.46. The van der Waals surface area contributed by atoms with E-state index < -0.39 is 34.1 Å². The van der Waals surface area contributed by atoms with E-state index in [1.807, 2.05) is 0 Å². The molecule has 0 spiro atoms. The molecule has 2 atom stereocenters. The average Bonchev–Trinajstić information content (AvgIpc) is 2.81. The molecule has 36 heavy (non-hydrogen) atoms. The summed E-state index contributed by atoms with van der Waals surface area (Å²) in [5.41, 5.74) is 0. The van der Waals surface area contributed by atoms with E-state index in [4.69, 9.17) is 9.29 Å². The van der Waals surface area contributed by atoms with E-state index in [0.717, 1.165) is 37.0 Å². The van der Waals surface area contributed by atoms with Crippen molar-refractivity contribution in [3.8, 4) is 0 Å². The Bertz CT molecular complexity index is 615. The van der Waals surface area contributed by atoms with Gasteiger partial charge in [-0.25, -0.2) is 0 Å². The second-order valence-electron chi connectivity index (χ2n) is 10.1. The minimum Gasteiger partial charge on any atom is -0.389 e. The SMILES string of the molecule is CCCCCCCCCCCCOCC(O)CN(C(=O)CCCCCCCCC)C(O)CS(=O)(=O)O. The number of ether oxygens (including phenoxy) is 1. The van der Waals surface area contributed by atoms with Gasteiger partial charge in [0.05, 0.1) is 19.3 Å². The van der Waals surface area contributed by atoms with Crippen molar-refractivity contribution in [3.63, 3.8) is 0 Å². The number of rotatable bonds is 26. The van der Waals surface area contributed by atoms with Crippen LogP contribution in [0.1, 0.15) is 129 Å². The molecular formula is C27H55NO7S. The summed E-state index contributed by atoms with van der Waals surface area (Å²) in [6, 6.07) is 0. The van der Waals surface area contributed by atoms with Gasteiger partial charge in [0.25, 0.3) is 10.1 Å². The summed E-state index contributed by atoms with van der Waals surface area (Å²) >= 11 is 0. The Morgan fingerprint density at radius 2 is 1.19 bits per heavy atom. The molecule has 0 bridgehead atoms. The van der Waals surface area contributed by atoms with Gasteiger partial charge >= 0.3 is 0 Å². The van der Waals surface area contributed by atoms with Gasteiger partial charge in [-0.2, -0.15) is 8.42 Å². The Morgan fingerprint density at radius 3 is 1.67 bits per heavy atom. The average molecular weight is 538 g/mol. The maximum Gasteiger partial charge on any atom is 0.269 e. The van der Waals surface area contributed by atoms with Crippen LogP contribution in [0.4, 0.5) is 0 Å². The topological polar surface area (TPSA) is 124 Å². The molecule has 0 heterocycles. The summed E-state index contributed by atoms with van der Waals surface area (Å²) < 4.78 is 37.0. The molecule has 0 aliphatic heterocycles. The second-order valence-corrected chi connectivity index (χ2v) is 11.6. The first-order valence-corrected chi connectivity index (χ1v) is 16.0. The van der Waals surface area contributed by atoms with E-state index in [2.05, 4.69) is 13.8 Å². The van der Waals surface area contributed by atoms with Gasteiger partial charge in [-0.3, -0.25) is 9.35 Å². The van der Waals surface area contributed by atoms with Gasteiger partial charge in [-0.15, -0.1) is 0 Å². The van der Waals surface area contributed by atoms with Crippen LogP contribution in [-0.4, -0.2) is 71.8 Å². The molecule has 0 aliphatic carbocycles. The zero-order valence-corrected chi connectivity index (χ0v) is 23.9. The molecule has 8 nitrogen and oxygen atoms in total. The van der Waals surface area contributed by atoms with Gasteiger partial charge in [0.15, 0.2) is 0 Å². The minimum atomic E-state index is -4.47. The molecule has 0 aromatic carbocycles. The molecule has 0 aliphatic rings. The quantitative estimate of drug-likeness (QED) is 0.0760. The number of carbonyl (C=O) groups excluding carboxylic acids is 1. The maximum atomic E-state index is 12.7. The molecule has 1 amide bonds. The molecule has 0 rings (SSSR count). The van der Waals surface area contributed by atoms with Crippen molar-refractivity contribution in [2.75, 3.05) is 25.5 Å². The number of nitrogens with zero attached hydrogens (tertiary/aromatic N) is 1. The Morgan fingerprint density at radius 1 is 0.750 bits per heavy atom. The third-order valence-corrected chi connectivity index (χ3v) is 7.11. The summed E-state index contributed by atoms with van der Waals surface area (Å²) in [6.45, 7) is 4.64. The van der Waals surface area contributed by atoms with Crippen molar-refractivity contribution in [2.45, 2.75) is 142 Å². The van der Waals surface area contributed by atoms with E-state index in [1.165, 1.54) is 70.6 Å². The van der Waals surface area contributed by atoms with Crippen molar-refractivity contribution < 1.29 is 32.7 Å². The smallest absolute Gasteiger partial charge is 0.269 e. The Kier molecular flexibility index (Phi) is 22.9. The fraction of sp³-hybridized carbons (Fsp3) is 0.963. The summed E-state index contributed by atoms with van der Waals surface area (Å²) in [6.07, 6.45) is 16.8. The maximum absolute atomic E-state index is 12.7. The lowest BCUT2D eigenvalue weighted by Crippen LogP contribution is -2.48. The zero-order valence-electron chi connectivity index (χ0n) is 23.0. The highest BCUT2D eigenvalue weighted by Gasteiger charge is 2.27. The monoisotopic (exact) mass is 537 g/mol. The zero-order chi connectivity index (χ0) is 27.1. The van der Waals surface area contributed by atoms with Crippen LogP contribution in [0, 0.1) is 0 Å². The lowest BCUT2D eigenvalue weighted by molar-refractivity contribution is -0.143. The van der Waals surface area contributed by atoms with Gasteiger partial charge < -0.3 is 19.8 Å². The number of aliphatic hydroxyl groups excluding tert-OH is 2. The summed E-state index contributed by atoms with van der Waals surface area (Å²) in [5, 5.41) is 20.6. The third-order valence-electron chi connectivity index (χ3n) is 6.39. The van der Waals surface area contributed by atoms with Crippen LogP contribution < -0.4 is 0 Å². The summed E-state index contributed by atoms with van der Waals surface area (Å²) in [5.74, 6) is -1.42. The van der Waals surface area contributed by atoms with E-state index >= 15 is 0 Å². The van der Waals surface area contributed by atoms with Crippen molar-refractivity contribution >= 4 is 16.0 Å². The molecular weight excluding hydrogens is 482 g/mol. The highest BCUT2D eigenvalue weighted by Crippen LogP contribution is 2.13. The summed E-state index contributed by atoms with van der Waals surface area (Å²) in [4.78, 5) is 13.6. The summed E-state index contributed by atoms with van der Waals surface area (Å²) in [7, 11) is -4.47. The van der Waals surface area contributed by atoms with Crippen molar-refractivity contribution in [2.24, 2.45) is 0 Å². The lowest BCUT2D eigenvalue weighted by Gasteiger charge is -2.29. The fourth-order valence-corrected chi connectivity index (χ4v) is 4.79. The highest BCUT2D eigenvalue weighted by atomic mass is 32.2. The molecule has 0 fully saturated rings. The van der Waals surface area contributed by atoms with Crippen LogP contribution in [0.2, 0.25) is 0 Å². The molecule has 9 heteroatoms. The van der Waals surface area contributed by atoms with E-state index in [9.17, 15) is 23.4 Å². The van der Waals surface area contributed by atoms with Crippen LogP contribution in [0.15, 0.2) is 0 Å². The molecule has 2 unspecified atom stereocenters. The second kappa shape index (κ2) is 23.4. The predicted molar refractivity (Wildman–Crippen MR) is 145 cm³/mol. The standard InChI is InChI=1S/C27H55NO7S/c1-3-5-7-9-11-12-13-15-17-19-21-35-23-25(29)22-28(27(31)24-36(32,33)34)26(30)20-18-16-14-10-8-6-4-2/h25,27,29,31H,3-24H2,1-2H3,(H,32,33,34).